The molecule has 2 N–H and O–H groups in total. The second-order valence-electron chi connectivity index (χ2n) is 7.48. The van der Waals surface area contributed by atoms with Crippen molar-refractivity contribution in [3.05, 3.63) is 34.9 Å². The molecule has 1 aromatic carbocycles. The van der Waals surface area contributed by atoms with Crippen molar-refractivity contribution in [2.45, 2.75) is 62.1 Å². The number of rotatable bonds is 3. The molecule has 3 saturated heterocycles. The number of halogens is 1. The van der Waals surface area contributed by atoms with Crippen LogP contribution < -0.4 is 10.6 Å². The minimum absolute atomic E-state index is 0.152. The van der Waals surface area contributed by atoms with Crippen molar-refractivity contribution in [2.75, 3.05) is 13.2 Å². The van der Waals surface area contributed by atoms with Gasteiger partial charge >= 0.3 is 0 Å². The summed E-state index contributed by atoms with van der Waals surface area (Å²) in [6.07, 6.45) is 6.01. The zero-order chi connectivity index (χ0) is 16.6. The molecule has 0 radical (unpaired) electrons. The van der Waals surface area contributed by atoms with E-state index in [9.17, 15) is 4.79 Å². The largest absolute Gasteiger partial charge is 0.381 e. The molecule has 0 aliphatic carbocycles. The van der Waals surface area contributed by atoms with Crippen molar-refractivity contribution in [1.29, 1.82) is 0 Å². The number of carbonyl (C=O) groups excluding carboxylic acids is 1. The average Bonchev–Trinajstić information content (AvgIpc) is 2.94. The van der Waals surface area contributed by atoms with E-state index < -0.39 is 5.41 Å². The molecule has 3 fully saturated rings. The third kappa shape index (κ3) is 3.07. The third-order valence-corrected chi connectivity index (χ3v) is 6.20. The number of hydrogen-bond acceptors (Lipinski definition) is 3. The Hall–Kier alpha value is -1.10. The predicted molar refractivity (Wildman–Crippen MR) is 94.3 cm³/mol. The minimum Gasteiger partial charge on any atom is -0.381 e. The third-order valence-electron chi connectivity index (χ3n) is 5.97. The SMILES string of the molecule is O=C(NC1CC2CCC(C1)N2)C1(c2cccc(Cl)c2)CCOCC1. The van der Waals surface area contributed by atoms with Gasteiger partial charge in [-0.3, -0.25) is 4.79 Å². The molecule has 4 nitrogen and oxygen atoms in total. The summed E-state index contributed by atoms with van der Waals surface area (Å²) in [5.41, 5.74) is 0.514. The van der Waals surface area contributed by atoms with Crippen LogP contribution in [0.1, 0.15) is 44.1 Å². The van der Waals surface area contributed by atoms with Gasteiger partial charge < -0.3 is 15.4 Å². The van der Waals surface area contributed by atoms with Crippen molar-refractivity contribution in [3.63, 3.8) is 0 Å². The van der Waals surface area contributed by atoms with Crippen LogP contribution in [-0.4, -0.2) is 37.2 Å². The number of nitrogens with one attached hydrogen (secondary N) is 2. The number of carbonyl (C=O) groups is 1. The lowest BCUT2D eigenvalue weighted by Crippen LogP contribution is -2.54. The lowest BCUT2D eigenvalue weighted by atomic mass is 9.73. The maximum Gasteiger partial charge on any atom is 0.231 e. The molecule has 0 aromatic heterocycles. The monoisotopic (exact) mass is 348 g/mol. The molecule has 24 heavy (non-hydrogen) atoms. The van der Waals surface area contributed by atoms with Gasteiger partial charge in [0.05, 0.1) is 5.41 Å². The Kier molecular flexibility index (Phi) is 4.54. The van der Waals surface area contributed by atoms with E-state index in [0.29, 0.717) is 30.3 Å². The van der Waals surface area contributed by atoms with E-state index in [1.807, 2.05) is 24.3 Å². The highest BCUT2D eigenvalue weighted by Gasteiger charge is 2.43. The first-order chi connectivity index (χ1) is 11.7. The fourth-order valence-electron chi connectivity index (χ4n) is 4.65. The second-order valence-corrected chi connectivity index (χ2v) is 7.92. The van der Waals surface area contributed by atoms with Gasteiger partial charge in [-0.15, -0.1) is 0 Å². The van der Waals surface area contributed by atoms with Crippen molar-refractivity contribution >= 4 is 17.5 Å². The smallest absolute Gasteiger partial charge is 0.231 e. The van der Waals surface area contributed by atoms with E-state index in [4.69, 9.17) is 16.3 Å². The van der Waals surface area contributed by atoms with E-state index in [2.05, 4.69) is 10.6 Å². The van der Waals surface area contributed by atoms with Gasteiger partial charge in [0.15, 0.2) is 0 Å². The Morgan fingerprint density at radius 2 is 1.92 bits per heavy atom. The molecule has 1 amide bonds. The fourth-order valence-corrected chi connectivity index (χ4v) is 4.84. The normalized spacial score (nSPS) is 31.6. The van der Waals surface area contributed by atoms with Crippen LogP contribution in [0.4, 0.5) is 0 Å². The van der Waals surface area contributed by atoms with Gasteiger partial charge in [-0.1, -0.05) is 23.7 Å². The molecule has 1 aromatic rings. The van der Waals surface area contributed by atoms with Gasteiger partial charge in [-0.25, -0.2) is 0 Å². The van der Waals surface area contributed by atoms with Crippen LogP contribution in [0.3, 0.4) is 0 Å². The highest BCUT2D eigenvalue weighted by atomic mass is 35.5. The number of amides is 1. The molecule has 0 spiro atoms. The van der Waals surface area contributed by atoms with Gasteiger partial charge in [0, 0.05) is 36.4 Å². The Morgan fingerprint density at radius 3 is 2.58 bits per heavy atom. The van der Waals surface area contributed by atoms with Gasteiger partial charge in [0.1, 0.15) is 0 Å². The first kappa shape index (κ1) is 16.4. The van der Waals surface area contributed by atoms with E-state index >= 15 is 0 Å². The van der Waals surface area contributed by atoms with Crippen LogP contribution in [0.5, 0.6) is 0 Å². The maximum absolute atomic E-state index is 13.3. The van der Waals surface area contributed by atoms with Gasteiger partial charge in [-0.05, 0) is 56.2 Å². The summed E-state index contributed by atoms with van der Waals surface area (Å²) in [6.45, 7) is 1.24. The van der Waals surface area contributed by atoms with E-state index in [-0.39, 0.29) is 11.9 Å². The van der Waals surface area contributed by atoms with Crippen molar-refractivity contribution in [2.24, 2.45) is 0 Å². The Labute approximate surface area is 148 Å². The lowest BCUT2D eigenvalue weighted by molar-refractivity contribution is -0.131. The number of fused-ring (bicyclic) bond motifs is 2. The molecule has 2 atom stereocenters. The maximum atomic E-state index is 13.3. The van der Waals surface area contributed by atoms with Crippen molar-refractivity contribution in [3.8, 4) is 0 Å². The highest BCUT2D eigenvalue weighted by Crippen LogP contribution is 2.37. The molecule has 3 aliphatic rings. The quantitative estimate of drug-likeness (QED) is 0.883. The van der Waals surface area contributed by atoms with Crippen molar-refractivity contribution < 1.29 is 9.53 Å². The summed E-state index contributed by atoms with van der Waals surface area (Å²) in [4.78, 5) is 13.3. The summed E-state index contributed by atoms with van der Waals surface area (Å²) in [7, 11) is 0. The second kappa shape index (κ2) is 6.66. The standard InChI is InChI=1S/C19H25ClN2O2/c20-14-3-1-2-13(10-14)19(6-8-24-9-7-19)18(23)22-17-11-15-4-5-16(12-17)21-15/h1-3,10,15-17,21H,4-9,11-12H2,(H,22,23). The van der Waals surface area contributed by atoms with Crippen LogP contribution in [-0.2, 0) is 14.9 Å². The average molecular weight is 349 g/mol. The molecule has 2 unspecified atom stereocenters. The van der Waals surface area contributed by atoms with Gasteiger partial charge in [0.25, 0.3) is 0 Å². The molecule has 5 heteroatoms. The lowest BCUT2D eigenvalue weighted by Gasteiger charge is -2.39. The summed E-state index contributed by atoms with van der Waals surface area (Å²) in [6, 6.07) is 9.21. The number of hydrogen-bond donors (Lipinski definition) is 2. The van der Waals surface area contributed by atoms with Crippen molar-refractivity contribution in [1.82, 2.24) is 10.6 Å². The van der Waals surface area contributed by atoms with Crippen LogP contribution in [0.15, 0.2) is 24.3 Å². The van der Waals surface area contributed by atoms with E-state index in [0.717, 1.165) is 31.2 Å². The Bertz CT molecular complexity index is 603. The molecular formula is C19H25ClN2O2. The Morgan fingerprint density at radius 1 is 1.21 bits per heavy atom. The van der Waals surface area contributed by atoms with Crippen LogP contribution >= 0.6 is 11.6 Å². The molecular weight excluding hydrogens is 324 g/mol. The molecule has 2 bridgehead atoms. The van der Waals surface area contributed by atoms with E-state index in [1.165, 1.54) is 12.8 Å². The first-order valence-corrected chi connectivity index (χ1v) is 9.44. The summed E-state index contributed by atoms with van der Waals surface area (Å²) in [5.74, 6) is 0.152. The zero-order valence-electron chi connectivity index (χ0n) is 13.9. The molecule has 0 saturated carbocycles. The molecule has 4 rings (SSSR count). The van der Waals surface area contributed by atoms with Crippen LogP contribution in [0.25, 0.3) is 0 Å². The van der Waals surface area contributed by atoms with Crippen LogP contribution in [0, 0.1) is 0 Å². The molecule has 3 heterocycles. The Balaban J connectivity index is 1.55. The topological polar surface area (TPSA) is 50.4 Å². The molecule has 130 valence electrons. The van der Waals surface area contributed by atoms with E-state index in [1.54, 1.807) is 0 Å². The molecule has 3 aliphatic heterocycles. The first-order valence-electron chi connectivity index (χ1n) is 9.06. The zero-order valence-corrected chi connectivity index (χ0v) is 14.6. The summed E-state index contributed by atoms with van der Waals surface area (Å²) in [5, 5.41) is 7.69. The van der Waals surface area contributed by atoms with Gasteiger partial charge in [0.2, 0.25) is 5.91 Å². The number of piperidine rings is 1. The number of ether oxygens (including phenoxy) is 1. The number of benzene rings is 1. The van der Waals surface area contributed by atoms with Crippen LogP contribution in [0.2, 0.25) is 5.02 Å². The highest BCUT2D eigenvalue weighted by molar-refractivity contribution is 6.30. The predicted octanol–water partition coefficient (Wildman–Crippen LogP) is 2.79. The summed E-state index contributed by atoms with van der Waals surface area (Å²) >= 11 is 6.20. The van der Waals surface area contributed by atoms with Gasteiger partial charge in [-0.2, -0.15) is 0 Å². The minimum atomic E-state index is -0.507. The summed E-state index contributed by atoms with van der Waals surface area (Å²) < 4.78 is 5.54. The fraction of sp³-hybridized carbons (Fsp3) is 0.632.